The van der Waals surface area contributed by atoms with Gasteiger partial charge in [0.25, 0.3) is 0 Å². The molecule has 2 fully saturated rings. The summed E-state index contributed by atoms with van der Waals surface area (Å²) in [4.78, 5) is 0. The van der Waals surface area contributed by atoms with E-state index in [1.807, 2.05) is 13.8 Å². The summed E-state index contributed by atoms with van der Waals surface area (Å²) in [5.74, 6) is 2.36. The first kappa shape index (κ1) is 11.5. The van der Waals surface area contributed by atoms with Gasteiger partial charge in [0, 0.05) is 17.8 Å². The van der Waals surface area contributed by atoms with Gasteiger partial charge in [0.05, 0.1) is 12.7 Å². The lowest BCUT2D eigenvalue weighted by Crippen LogP contribution is -2.21. The van der Waals surface area contributed by atoms with E-state index in [2.05, 4.69) is 22.8 Å². The molecular formula is C9H17O2PS2. The van der Waals surface area contributed by atoms with Crippen molar-refractivity contribution in [1.82, 2.24) is 0 Å². The van der Waals surface area contributed by atoms with Crippen LogP contribution in [0.25, 0.3) is 0 Å². The van der Waals surface area contributed by atoms with Crippen LogP contribution in [-0.4, -0.2) is 36.2 Å². The number of rotatable bonds is 3. The van der Waals surface area contributed by atoms with E-state index in [9.17, 15) is 0 Å². The summed E-state index contributed by atoms with van der Waals surface area (Å²) in [5.41, 5.74) is 0. The van der Waals surface area contributed by atoms with E-state index in [1.165, 1.54) is 24.1 Å². The van der Waals surface area contributed by atoms with Gasteiger partial charge in [-0.25, -0.2) is 0 Å². The molecule has 14 heavy (non-hydrogen) atoms. The van der Waals surface area contributed by atoms with E-state index in [0.717, 1.165) is 6.61 Å². The zero-order valence-electron chi connectivity index (χ0n) is 8.69. The van der Waals surface area contributed by atoms with Crippen molar-refractivity contribution in [2.24, 2.45) is 0 Å². The molecule has 2 heterocycles. The maximum absolute atomic E-state index is 5.78. The number of ether oxygens (including phenoxy) is 2. The summed E-state index contributed by atoms with van der Waals surface area (Å²) in [5, 5.41) is 0. The van der Waals surface area contributed by atoms with Crippen LogP contribution in [0.15, 0.2) is 0 Å². The third-order valence-corrected chi connectivity index (χ3v) is 10.3. The van der Waals surface area contributed by atoms with Gasteiger partial charge in [0.1, 0.15) is 0 Å². The van der Waals surface area contributed by atoms with Crippen LogP contribution in [0.2, 0.25) is 0 Å². The molecule has 0 amide bonds. The summed E-state index contributed by atoms with van der Waals surface area (Å²) in [7, 11) is 0. The van der Waals surface area contributed by atoms with Crippen LogP contribution in [0.1, 0.15) is 20.3 Å². The Balaban J connectivity index is 1.66. The van der Waals surface area contributed by atoms with Crippen LogP contribution in [0.4, 0.5) is 0 Å². The summed E-state index contributed by atoms with van der Waals surface area (Å²) < 4.78 is 11.3. The molecule has 82 valence electrons. The number of hydrogen-bond donors (Lipinski definition) is 0. The van der Waals surface area contributed by atoms with E-state index in [4.69, 9.17) is 9.47 Å². The minimum atomic E-state index is -0.339. The molecule has 2 nitrogen and oxygen atoms in total. The van der Waals surface area contributed by atoms with Gasteiger partial charge in [-0.2, -0.15) is 0 Å². The number of hydrogen-bond acceptors (Lipinski definition) is 4. The van der Waals surface area contributed by atoms with E-state index in [1.54, 1.807) is 0 Å². The Labute approximate surface area is 95.1 Å². The highest BCUT2D eigenvalue weighted by Crippen LogP contribution is 2.66. The van der Waals surface area contributed by atoms with Crippen molar-refractivity contribution < 1.29 is 9.47 Å². The van der Waals surface area contributed by atoms with Crippen LogP contribution in [0.3, 0.4) is 0 Å². The Kier molecular flexibility index (Phi) is 4.05. The molecule has 2 rings (SSSR count). The third kappa shape index (κ3) is 3.28. The van der Waals surface area contributed by atoms with Gasteiger partial charge < -0.3 is 9.47 Å². The van der Waals surface area contributed by atoms with Gasteiger partial charge >= 0.3 is 0 Å². The van der Waals surface area contributed by atoms with Gasteiger partial charge in [-0.1, -0.05) is 0 Å². The van der Waals surface area contributed by atoms with E-state index < -0.39 is 0 Å². The minimum Gasteiger partial charge on any atom is -0.348 e. The molecule has 0 bridgehead atoms. The van der Waals surface area contributed by atoms with Crippen LogP contribution in [0, 0.1) is 0 Å². The van der Waals surface area contributed by atoms with Crippen LogP contribution in [0.5, 0.6) is 0 Å². The Hall–Kier alpha value is 1.05. The van der Waals surface area contributed by atoms with Crippen molar-refractivity contribution in [2.75, 3.05) is 24.3 Å². The summed E-state index contributed by atoms with van der Waals surface area (Å²) in [6.07, 6.45) is 3.05. The van der Waals surface area contributed by atoms with E-state index in [-0.39, 0.29) is 12.1 Å². The average molecular weight is 252 g/mol. The maximum atomic E-state index is 5.78. The van der Waals surface area contributed by atoms with Crippen molar-refractivity contribution in [3.05, 3.63) is 0 Å². The smallest absolute Gasteiger partial charge is 0.163 e. The molecule has 0 radical (unpaired) electrons. The largest absolute Gasteiger partial charge is 0.348 e. The van der Waals surface area contributed by atoms with Crippen molar-refractivity contribution >= 4 is 29.1 Å². The molecule has 0 N–H and O–H groups in total. The van der Waals surface area contributed by atoms with Gasteiger partial charge in [-0.3, -0.25) is 0 Å². The molecule has 0 aromatic carbocycles. The minimum absolute atomic E-state index is 0.206. The van der Waals surface area contributed by atoms with Gasteiger partial charge in [-0.05, 0) is 26.4 Å². The van der Waals surface area contributed by atoms with Gasteiger partial charge in [-0.15, -0.1) is 22.8 Å². The Morgan fingerprint density at radius 2 is 2.07 bits per heavy atom. The molecule has 2 aliphatic rings. The van der Waals surface area contributed by atoms with Crippen LogP contribution >= 0.6 is 29.1 Å². The molecule has 0 aliphatic carbocycles. The first-order valence-corrected chi connectivity index (χ1v) is 9.72. The molecule has 0 saturated carbocycles. The quantitative estimate of drug-likeness (QED) is 0.717. The molecule has 2 aliphatic heterocycles. The lowest BCUT2D eigenvalue weighted by Gasteiger charge is -2.17. The summed E-state index contributed by atoms with van der Waals surface area (Å²) >= 11 is 4.31. The van der Waals surface area contributed by atoms with Crippen LogP contribution < -0.4 is 0 Å². The Morgan fingerprint density at radius 3 is 2.64 bits per heavy atom. The van der Waals surface area contributed by atoms with Crippen LogP contribution in [-0.2, 0) is 9.47 Å². The lowest BCUT2D eigenvalue weighted by atomic mass is 10.3. The molecule has 0 aromatic rings. The normalized spacial score (nSPS) is 32.6. The van der Waals surface area contributed by atoms with Gasteiger partial charge in [0.15, 0.2) is 5.79 Å². The predicted octanol–water partition coefficient (Wildman–Crippen LogP) is 3.32. The molecule has 1 atom stereocenters. The molecule has 2 saturated heterocycles. The second-order valence-corrected chi connectivity index (χ2v) is 11.3. The highest BCUT2D eigenvalue weighted by Gasteiger charge is 2.32. The highest BCUT2D eigenvalue weighted by molar-refractivity contribution is 8.89. The highest BCUT2D eigenvalue weighted by atomic mass is 33.1. The fraction of sp³-hybridized carbons (Fsp3) is 1.00. The van der Waals surface area contributed by atoms with Crippen molar-refractivity contribution in [2.45, 2.75) is 32.2 Å². The monoisotopic (exact) mass is 252 g/mol. The zero-order chi connectivity index (χ0) is 10.0. The summed E-state index contributed by atoms with van der Waals surface area (Å²) in [6.45, 7) is 4.78. The summed E-state index contributed by atoms with van der Waals surface area (Å²) in [6, 6.07) is 0. The second-order valence-electron chi connectivity index (χ2n) is 3.96. The fourth-order valence-corrected chi connectivity index (χ4v) is 9.64. The SMILES string of the molecule is CC1(C)OC[C@H](CCP2SCCS2)O1. The third-order valence-electron chi connectivity index (χ3n) is 2.25. The molecular weight excluding hydrogens is 235 g/mol. The molecule has 5 heteroatoms. The second kappa shape index (κ2) is 4.92. The predicted molar refractivity (Wildman–Crippen MR) is 66.2 cm³/mol. The Morgan fingerprint density at radius 1 is 1.36 bits per heavy atom. The fourth-order valence-electron chi connectivity index (χ4n) is 1.60. The molecule has 0 spiro atoms. The lowest BCUT2D eigenvalue weighted by molar-refractivity contribution is -0.138. The van der Waals surface area contributed by atoms with Gasteiger partial charge in [0.2, 0.25) is 0 Å². The van der Waals surface area contributed by atoms with E-state index >= 15 is 0 Å². The standard InChI is InChI=1S/C9H17O2PS2/c1-9(2)10-7-8(11-9)3-4-12-13-5-6-14-12/h8H,3-7H2,1-2H3/t8-/m0/s1. The average Bonchev–Trinajstić information content (AvgIpc) is 2.70. The first-order chi connectivity index (χ1) is 6.66. The molecule has 0 aromatic heterocycles. The van der Waals surface area contributed by atoms with Crippen molar-refractivity contribution in [1.29, 1.82) is 0 Å². The van der Waals surface area contributed by atoms with E-state index in [0.29, 0.717) is 6.10 Å². The van der Waals surface area contributed by atoms with Crippen molar-refractivity contribution in [3.63, 3.8) is 0 Å². The zero-order valence-corrected chi connectivity index (χ0v) is 11.2. The first-order valence-electron chi connectivity index (χ1n) is 5.01. The van der Waals surface area contributed by atoms with Crippen molar-refractivity contribution in [3.8, 4) is 0 Å². The molecule has 0 unspecified atom stereocenters. The topological polar surface area (TPSA) is 18.5 Å². The Bertz CT molecular complexity index is 195. The maximum Gasteiger partial charge on any atom is 0.163 e.